The van der Waals surface area contributed by atoms with Crippen molar-refractivity contribution >= 4 is 0 Å². The molecule has 1 aliphatic rings. The van der Waals surface area contributed by atoms with Crippen LogP contribution in [0.1, 0.15) is 29.4 Å². The van der Waals surface area contributed by atoms with E-state index in [-0.39, 0.29) is 0 Å². The highest BCUT2D eigenvalue weighted by atomic mass is 16.5. The standard InChI is InChI=1S/C17H19N5O2/c1-23-13-4-2-11(3-5-13)8-16-19-17(24-22-16)15-9-14(20-21-15)12-6-7-18-10-12/h2-5,9,12,18H,6-8,10H2,1H3,(H,20,21). The summed E-state index contributed by atoms with van der Waals surface area (Å²) in [6.45, 7) is 2.03. The zero-order valence-corrected chi connectivity index (χ0v) is 13.5. The maximum Gasteiger partial charge on any atom is 0.278 e. The molecule has 0 spiro atoms. The van der Waals surface area contributed by atoms with Gasteiger partial charge in [-0.2, -0.15) is 10.1 Å². The summed E-state index contributed by atoms with van der Waals surface area (Å²) in [5, 5.41) is 14.8. The van der Waals surface area contributed by atoms with Crippen LogP contribution in [-0.2, 0) is 6.42 Å². The number of nitrogens with one attached hydrogen (secondary N) is 2. The minimum absolute atomic E-state index is 0.451. The number of ether oxygens (including phenoxy) is 1. The molecule has 1 atom stereocenters. The summed E-state index contributed by atoms with van der Waals surface area (Å²) < 4.78 is 10.5. The first-order chi connectivity index (χ1) is 11.8. The Morgan fingerprint density at radius 1 is 1.29 bits per heavy atom. The third kappa shape index (κ3) is 3.03. The molecule has 4 rings (SSSR count). The molecule has 3 heterocycles. The van der Waals surface area contributed by atoms with E-state index in [4.69, 9.17) is 9.26 Å². The Hall–Kier alpha value is -2.67. The van der Waals surface area contributed by atoms with Crippen LogP contribution in [0, 0.1) is 0 Å². The molecule has 1 unspecified atom stereocenters. The molecule has 0 bridgehead atoms. The minimum Gasteiger partial charge on any atom is -0.497 e. The Morgan fingerprint density at radius 2 is 2.17 bits per heavy atom. The van der Waals surface area contributed by atoms with Crippen molar-refractivity contribution in [3.8, 4) is 17.3 Å². The van der Waals surface area contributed by atoms with Gasteiger partial charge in [-0.05, 0) is 36.7 Å². The molecule has 124 valence electrons. The average molecular weight is 325 g/mol. The fourth-order valence-electron chi connectivity index (χ4n) is 2.93. The maximum absolute atomic E-state index is 5.36. The van der Waals surface area contributed by atoms with Crippen LogP contribution >= 0.6 is 0 Å². The molecule has 1 fully saturated rings. The molecular weight excluding hydrogens is 306 g/mol. The molecule has 0 radical (unpaired) electrons. The summed E-state index contributed by atoms with van der Waals surface area (Å²) in [7, 11) is 1.65. The minimum atomic E-state index is 0.451. The van der Waals surface area contributed by atoms with Crippen LogP contribution in [-0.4, -0.2) is 40.5 Å². The van der Waals surface area contributed by atoms with Crippen LogP contribution in [0.5, 0.6) is 5.75 Å². The van der Waals surface area contributed by atoms with E-state index in [1.54, 1.807) is 7.11 Å². The second kappa shape index (κ2) is 6.45. The van der Waals surface area contributed by atoms with Crippen molar-refractivity contribution in [2.75, 3.05) is 20.2 Å². The molecule has 24 heavy (non-hydrogen) atoms. The van der Waals surface area contributed by atoms with E-state index in [1.165, 1.54) is 0 Å². The van der Waals surface area contributed by atoms with Crippen molar-refractivity contribution in [1.82, 2.24) is 25.7 Å². The van der Waals surface area contributed by atoms with Crippen molar-refractivity contribution in [2.45, 2.75) is 18.8 Å². The van der Waals surface area contributed by atoms with E-state index < -0.39 is 0 Å². The van der Waals surface area contributed by atoms with E-state index in [1.807, 2.05) is 30.3 Å². The van der Waals surface area contributed by atoms with Crippen molar-refractivity contribution in [1.29, 1.82) is 0 Å². The third-order valence-corrected chi connectivity index (χ3v) is 4.31. The molecule has 3 aromatic rings. The van der Waals surface area contributed by atoms with Crippen molar-refractivity contribution in [2.24, 2.45) is 0 Å². The van der Waals surface area contributed by atoms with Crippen LogP contribution in [0.3, 0.4) is 0 Å². The van der Waals surface area contributed by atoms with Gasteiger partial charge in [-0.25, -0.2) is 0 Å². The Morgan fingerprint density at radius 3 is 2.92 bits per heavy atom. The lowest BCUT2D eigenvalue weighted by Crippen LogP contribution is -2.08. The van der Waals surface area contributed by atoms with Crippen molar-refractivity contribution < 1.29 is 9.26 Å². The fourth-order valence-corrected chi connectivity index (χ4v) is 2.93. The number of aromatic nitrogens is 4. The van der Waals surface area contributed by atoms with Crippen LogP contribution in [0.25, 0.3) is 11.6 Å². The lowest BCUT2D eigenvalue weighted by molar-refractivity contribution is 0.414. The first kappa shape index (κ1) is 14.9. The van der Waals surface area contributed by atoms with Gasteiger partial charge in [0, 0.05) is 24.6 Å². The van der Waals surface area contributed by atoms with Gasteiger partial charge in [-0.3, -0.25) is 5.10 Å². The van der Waals surface area contributed by atoms with Crippen LogP contribution in [0.15, 0.2) is 34.9 Å². The van der Waals surface area contributed by atoms with Gasteiger partial charge in [0.2, 0.25) is 0 Å². The van der Waals surface area contributed by atoms with Gasteiger partial charge in [-0.1, -0.05) is 17.3 Å². The van der Waals surface area contributed by atoms with E-state index in [9.17, 15) is 0 Å². The highest BCUT2D eigenvalue weighted by Crippen LogP contribution is 2.24. The van der Waals surface area contributed by atoms with Crippen LogP contribution < -0.4 is 10.1 Å². The first-order valence-corrected chi connectivity index (χ1v) is 8.04. The van der Waals surface area contributed by atoms with E-state index in [2.05, 4.69) is 25.7 Å². The summed E-state index contributed by atoms with van der Waals surface area (Å²) in [6.07, 6.45) is 1.73. The van der Waals surface area contributed by atoms with Gasteiger partial charge in [0.15, 0.2) is 11.5 Å². The number of methoxy groups -OCH3 is 1. The summed E-state index contributed by atoms with van der Waals surface area (Å²) >= 11 is 0. The summed E-state index contributed by atoms with van der Waals surface area (Å²) in [6, 6.07) is 9.84. The fraction of sp³-hybridized carbons (Fsp3) is 0.353. The summed E-state index contributed by atoms with van der Waals surface area (Å²) in [5.74, 6) is 2.40. The normalized spacial score (nSPS) is 17.3. The quantitative estimate of drug-likeness (QED) is 0.747. The number of rotatable bonds is 5. The smallest absolute Gasteiger partial charge is 0.278 e. The van der Waals surface area contributed by atoms with E-state index in [0.717, 1.165) is 36.5 Å². The Balaban J connectivity index is 1.47. The first-order valence-electron chi connectivity index (χ1n) is 8.04. The average Bonchev–Trinajstić information content (AvgIpc) is 3.36. The second-order valence-corrected chi connectivity index (χ2v) is 5.94. The SMILES string of the molecule is COc1ccc(Cc2noc(-c3cc(C4CCNC4)[nH]n3)n2)cc1. The maximum atomic E-state index is 5.36. The molecule has 2 aromatic heterocycles. The lowest BCUT2D eigenvalue weighted by Gasteiger charge is -2.02. The molecule has 2 N–H and O–H groups in total. The molecule has 1 saturated heterocycles. The number of aromatic amines is 1. The van der Waals surface area contributed by atoms with E-state index >= 15 is 0 Å². The number of hydrogen-bond donors (Lipinski definition) is 2. The summed E-state index contributed by atoms with van der Waals surface area (Å²) in [5.41, 5.74) is 2.91. The predicted octanol–water partition coefficient (Wildman–Crippen LogP) is 2.14. The number of hydrogen-bond acceptors (Lipinski definition) is 6. The Kier molecular flexibility index (Phi) is 4.00. The molecule has 1 aliphatic heterocycles. The highest BCUT2D eigenvalue weighted by molar-refractivity contribution is 5.47. The molecule has 7 heteroatoms. The van der Waals surface area contributed by atoms with Gasteiger partial charge in [0.25, 0.3) is 5.89 Å². The molecule has 0 aliphatic carbocycles. The zero-order chi connectivity index (χ0) is 16.4. The van der Waals surface area contributed by atoms with Crippen molar-refractivity contribution in [3.05, 3.63) is 47.4 Å². The largest absolute Gasteiger partial charge is 0.497 e. The number of H-pyrrole nitrogens is 1. The predicted molar refractivity (Wildman–Crippen MR) is 87.9 cm³/mol. The number of benzene rings is 1. The van der Waals surface area contributed by atoms with Gasteiger partial charge in [0.05, 0.1) is 7.11 Å². The summed E-state index contributed by atoms with van der Waals surface area (Å²) in [4.78, 5) is 4.45. The number of nitrogens with zero attached hydrogens (tertiary/aromatic N) is 3. The zero-order valence-electron chi connectivity index (χ0n) is 13.5. The monoisotopic (exact) mass is 325 g/mol. The molecular formula is C17H19N5O2. The second-order valence-electron chi connectivity index (χ2n) is 5.94. The van der Waals surface area contributed by atoms with Crippen molar-refractivity contribution in [3.63, 3.8) is 0 Å². The molecule has 0 saturated carbocycles. The van der Waals surface area contributed by atoms with Gasteiger partial charge in [0.1, 0.15) is 5.75 Å². The Labute approximate surface area is 139 Å². The lowest BCUT2D eigenvalue weighted by atomic mass is 10.1. The molecule has 7 nitrogen and oxygen atoms in total. The molecule has 0 amide bonds. The van der Waals surface area contributed by atoms with Gasteiger partial charge in [-0.15, -0.1) is 0 Å². The molecule has 1 aromatic carbocycles. The van der Waals surface area contributed by atoms with E-state index in [0.29, 0.717) is 29.7 Å². The van der Waals surface area contributed by atoms with Crippen LogP contribution in [0.2, 0.25) is 0 Å². The van der Waals surface area contributed by atoms with Gasteiger partial charge < -0.3 is 14.6 Å². The van der Waals surface area contributed by atoms with Gasteiger partial charge >= 0.3 is 0 Å². The Bertz CT molecular complexity index is 803. The topological polar surface area (TPSA) is 88.9 Å². The highest BCUT2D eigenvalue weighted by Gasteiger charge is 2.20. The third-order valence-electron chi connectivity index (χ3n) is 4.31. The van der Waals surface area contributed by atoms with Crippen LogP contribution in [0.4, 0.5) is 0 Å².